The first-order valence-corrected chi connectivity index (χ1v) is 12.7. The molecule has 16 heteroatoms. The van der Waals surface area contributed by atoms with Crippen LogP contribution in [-0.4, -0.2) is 66.1 Å². The highest BCUT2D eigenvalue weighted by molar-refractivity contribution is 7.50. The van der Waals surface area contributed by atoms with Crippen LogP contribution in [0.25, 0.3) is 22.1 Å². The first-order chi connectivity index (χ1) is 17.1. The van der Waals surface area contributed by atoms with Crippen LogP contribution in [0.15, 0.2) is 36.8 Å². The molecule has 0 aliphatic carbocycles. The Bertz CT molecular complexity index is 1460. The van der Waals surface area contributed by atoms with E-state index >= 15 is 0 Å². The van der Waals surface area contributed by atoms with Gasteiger partial charge in [-0.3, -0.25) is 9.09 Å². The summed E-state index contributed by atoms with van der Waals surface area (Å²) in [6.45, 7) is -0.308. The van der Waals surface area contributed by atoms with Crippen molar-refractivity contribution < 1.29 is 38.6 Å². The first-order valence-electron chi connectivity index (χ1n) is 11.1. The predicted molar refractivity (Wildman–Crippen MR) is 129 cm³/mol. The maximum Gasteiger partial charge on any atom is 0.403 e. The molecule has 200 valence electrons. The molecular weight excluding hydrogens is 507 g/mol. The van der Waals surface area contributed by atoms with Crippen molar-refractivity contribution in [2.45, 2.75) is 31.0 Å². The maximum atomic E-state index is 12.5. The number of nitrogens with two attached hydrogens (primary N) is 1. The van der Waals surface area contributed by atoms with Gasteiger partial charge < -0.3 is 41.8 Å². The van der Waals surface area contributed by atoms with Gasteiger partial charge in [-0.1, -0.05) is 23.2 Å². The quantitative estimate of drug-likeness (QED) is 0.107. The number of anilines is 1. The number of hydrogen-bond acceptors (Lipinski definition) is 10. The Hall–Kier alpha value is -3.14. The Kier molecular flexibility index (Phi) is 7.50. The van der Waals surface area contributed by atoms with Gasteiger partial charge in [0, 0.05) is 29.5 Å². The fourth-order valence-electron chi connectivity index (χ4n) is 4.40. The predicted octanol–water partition coefficient (Wildman–Crippen LogP) is -0.877. The van der Waals surface area contributed by atoms with Gasteiger partial charge in [0.15, 0.2) is 11.8 Å². The van der Waals surface area contributed by atoms with Crippen LogP contribution >= 0.6 is 7.75 Å². The molecule has 0 bridgehead atoms. The second kappa shape index (κ2) is 10.3. The van der Waals surface area contributed by atoms with Crippen LogP contribution in [0, 0.1) is 0 Å². The molecule has 0 amide bonds. The number of rotatable bonds is 8. The summed E-state index contributed by atoms with van der Waals surface area (Å²) in [5, 5.41) is 36.8. The third-order valence-electron chi connectivity index (χ3n) is 6.15. The standard InChI is InChI=1S/C21H26N7O7P.H3N/c1-27-10-28(18-15(27)19(31)26-21(22)25-18)20-17(30)16(29)14(35-20)9-34-36(32,33)24-7-6-11-8-23-13-5-3-2-4-12(11)13;/h2-5,8,10,14,16-17,20,23,29-30H,6-7,9H2,1H3,(H4-,22,24,25,26,31,32,33);1H3/t14-,16-,17-,20-;/m1./s1. The number of fused-ring (bicyclic) bond motifs is 2. The van der Waals surface area contributed by atoms with Crippen LogP contribution in [0.3, 0.4) is 0 Å². The zero-order valence-electron chi connectivity index (χ0n) is 19.9. The molecule has 3 aromatic heterocycles. The fourth-order valence-corrected chi connectivity index (χ4v) is 5.23. The van der Waals surface area contributed by atoms with E-state index in [9.17, 15) is 24.8 Å². The van der Waals surface area contributed by atoms with Gasteiger partial charge in [0.05, 0.1) is 13.7 Å². The van der Waals surface area contributed by atoms with Gasteiger partial charge in [-0.2, -0.15) is 0 Å². The highest BCUT2D eigenvalue weighted by Gasteiger charge is 2.47. The van der Waals surface area contributed by atoms with Gasteiger partial charge in [0.2, 0.25) is 6.23 Å². The number of H-pyrrole nitrogens is 1. The molecule has 0 radical (unpaired) electrons. The maximum absolute atomic E-state index is 12.5. The zero-order valence-corrected chi connectivity index (χ0v) is 20.8. The molecule has 1 fully saturated rings. The van der Waals surface area contributed by atoms with Gasteiger partial charge in [0.1, 0.15) is 18.3 Å². The lowest BCUT2D eigenvalue weighted by Gasteiger charge is -2.18. The number of nitrogen functional groups attached to an aromatic ring is 1. The number of benzene rings is 1. The Morgan fingerprint density at radius 1 is 1.32 bits per heavy atom. The van der Waals surface area contributed by atoms with E-state index in [0.717, 1.165) is 16.5 Å². The Morgan fingerprint density at radius 3 is 2.86 bits per heavy atom. The zero-order chi connectivity index (χ0) is 25.6. The molecule has 0 spiro atoms. The molecule has 4 aromatic rings. The topological polar surface area (TPSA) is 243 Å². The molecule has 1 aliphatic rings. The molecule has 1 saturated heterocycles. The smallest absolute Gasteiger partial charge is 0.403 e. The van der Waals surface area contributed by atoms with Crippen LogP contribution < -0.4 is 26.6 Å². The van der Waals surface area contributed by atoms with E-state index in [4.69, 9.17) is 15.0 Å². The second-order valence-electron chi connectivity index (χ2n) is 8.57. The Labute approximate surface area is 210 Å². The normalized spacial score (nSPS) is 23.4. The van der Waals surface area contributed by atoms with Crippen molar-refractivity contribution in [1.29, 1.82) is 0 Å². The van der Waals surface area contributed by atoms with Gasteiger partial charge >= 0.3 is 13.4 Å². The fraction of sp³-hybridized carbons (Fsp3) is 0.381. The number of aromatic nitrogens is 5. The number of hydrogen-bond donors (Lipinski definition) is 7. The number of nitrogens with zero attached hydrogens (tertiary/aromatic N) is 4. The molecule has 37 heavy (non-hydrogen) atoms. The molecular formula is C21H29N8O7P. The average molecular weight is 536 g/mol. The van der Waals surface area contributed by atoms with Crippen molar-refractivity contribution in [2.24, 2.45) is 7.05 Å². The number of imidazole rings is 1. The van der Waals surface area contributed by atoms with E-state index in [1.165, 1.54) is 15.5 Å². The number of para-hydroxylation sites is 1. The molecule has 5 rings (SSSR count). The van der Waals surface area contributed by atoms with E-state index < -0.39 is 44.8 Å². The summed E-state index contributed by atoms with van der Waals surface area (Å²) in [5.74, 6) is -0.855. The minimum Gasteiger partial charge on any atom is -0.856 e. The molecule has 10 N–H and O–H groups in total. The molecule has 5 atom stereocenters. The Balaban J connectivity index is 0.00000320. The van der Waals surface area contributed by atoms with Gasteiger partial charge in [-0.15, -0.1) is 0 Å². The van der Waals surface area contributed by atoms with Crippen molar-refractivity contribution in [3.63, 3.8) is 0 Å². The number of aliphatic hydroxyl groups is 2. The molecule has 4 heterocycles. The van der Waals surface area contributed by atoms with Crippen LogP contribution in [0.2, 0.25) is 0 Å². The van der Waals surface area contributed by atoms with E-state index in [0.29, 0.717) is 6.42 Å². The van der Waals surface area contributed by atoms with E-state index in [2.05, 4.69) is 20.0 Å². The minimum atomic E-state index is -4.23. The largest absolute Gasteiger partial charge is 0.856 e. The van der Waals surface area contributed by atoms with E-state index in [1.54, 1.807) is 7.05 Å². The molecule has 1 aliphatic heterocycles. The summed E-state index contributed by atoms with van der Waals surface area (Å²) in [6, 6.07) is 7.74. The summed E-state index contributed by atoms with van der Waals surface area (Å²) in [6.07, 6.45) is -1.38. The third-order valence-corrected chi connectivity index (χ3v) is 7.27. The lowest BCUT2D eigenvalue weighted by atomic mass is 10.1. The highest BCUT2D eigenvalue weighted by Crippen LogP contribution is 2.38. The monoisotopic (exact) mass is 536 g/mol. The van der Waals surface area contributed by atoms with Gasteiger partial charge in [-0.25, -0.2) is 19.2 Å². The lowest BCUT2D eigenvalue weighted by Crippen LogP contribution is -2.46. The van der Waals surface area contributed by atoms with Crippen LogP contribution in [0.1, 0.15) is 11.8 Å². The first kappa shape index (κ1) is 26.9. The van der Waals surface area contributed by atoms with E-state index in [-0.39, 0.29) is 29.8 Å². The highest BCUT2D eigenvalue weighted by atomic mass is 31.2. The molecule has 15 nitrogen and oxygen atoms in total. The Morgan fingerprint density at radius 2 is 2.08 bits per heavy atom. The summed E-state index contributed by atoms with van der Waals surface area (Å²) >= 11 is 0. The summed E-state index contributed by atoms with van der Waals surface area (Å²) in [4.78, 5) is 21.0. The van der Waals surface area contributed by atoms with E-state index in [1.807, 2.05) is 30.5 Å². The summed E-state index contributed by atoms with van der Waals surface area (Å²) in [5.41, 5.74) is 7.80. The number of aliphatic hydroxyl groups excluding tert-OH is 2. The second-order valence-corrected chi connectivity index (χ2v) is 10.2. The summed E-state index contributed by atoms with van der Waals surface area (Å²) < 4.78 is 26.2. The number of nitrogens with one attached hydrogen (secondary N) is 2. The lowest BCUT2D eigenvalue weighted by molar-refractivity contribution is -0.745. The van der Waals surface area contributed by atoms with Crippen LogP contribution in [0.5, 0.6) is 5.88 Å². The average Bonchev–Trinajstić information content (AvgIpc) is 3.47. The molecule has 0 saturated carbocycles. The van der Waals surface area contributed by atoms with Crippen molar-refractivity contribution in [1.82, 2.24) is 30.8 Å². The number of aromatic amines is 1. The minimum absolute atomic E-state index is 0. The molecule has 1 unspecified atom stereocenters. The van der Waals surface area contributed by atoms with Gasteiger partial charge in [-0.05, 0) is 18.1 Å². The number of aryl methyl sites for hydroxylation is 1. The molecule has 1 aromatic carbocycles. The third kappa shape index (κ3) is 5.16. The number of ether oxygens (including phenoxy) is 1. The van der Waals surface area contributed by atoms with Crippen molar-refractivity contribution >= 4 is 35.8 Å². The summed E-state index contributed by atoms with van der Waals surface area (Å²) in [7, 11) is -2.65. The van der Waals surface area contributed by atoms with Crippen molar-refractivity contribution in [3.8, 4) is 5.88 Å². The van der Waals surface area contributed by atoms with Crippen molar-refractivity contribution in [3.05, 3.63) is 42.4 Å². The SMILES string of the molecule is Cn1c[n+]([C@@H]2O[C@H](COP(=O)(O)NCCc3c[nH]c4ccccc34)[C@@H](O)[C@H]2O)c2nc(N)nc([O-])c21.N. The van der Waals surface area contributed by atoms with Crippen LogP contribution in [0.4, 0.5) is 5.95 Å². The van der Waals surface area contributed by atoms with Gasteiger partial charge in [0.25, 0.3) is 5.95 Å². The van der Waals surface area contributed by atoms with Crippen LogP contribution in [-0.2, 0) is 27.3 Å². The van der Waals surface area contributed by atoms with Crippen molar-refractivity contribution in [2.75, 3.05) is 18.9 Å².